The van der Waals surface area contributed by atoms with Crippen molar-refractivity contribution in [3.63, 3.8) is 0 Å². The number of hydrogen-bond acceptors (Lipinski definition) is 3. The number of nitrogens with one attached hydrogen (secondary N) is 1. The van der Waals surface area contributed by atoms with Gasteiger partial charge in [-0.25, -0.2) is 0 Å². The third-order valence-corrected chi connectivity index (χ3v) is 3.77. The number of carbonyl (C=O) groups is 1. The topological polar surface area (TPSA) is 47.6 Å². The van der Waals surface area contributed by atoms with E-state index in [1.165, 1.54) is 6.08 Å². The minimum absolute atomic E-state index is 0.216. The van der Waals surface area contributed by atoms with Gasteiger partial charge < -0.3 is 14.8 Å². The molecule has 5 heteroatoms. The molecule has 23 heavy (non-hydrogen) atoms. The van der Waals surface area contributed by atoms with Gasteiger partial charge in [0, 0.05) is 22.3 Å². The van der Waals surface area contributed by atoms with E-state index < -0.39 is 0 Å². The van der Waals surface area contributed by atoms with E-state index >= 15 is 0 Å². The van der Waals surface area contributed by atoms with Crippen LogP contribution >= 0.6 is 15.9 Å². The Balaban J connectivity index is 2.07. The largest absolute Gasteiger partial charge is 0.493 e. The van der Waals surface area contributed by atoms with Crippen molar-refractivity contribution in [2.45, 2.75) is 6.92 Å². The SMILES string of the molecule is CCOc1ccc(NC(=O)/C=C/c2ccccc2Br)cc1OC. The predicted molar refractivity (Wildman–Crippen MR) is 96.0 cm³/mol. The van der Waals surface area contributed by atoms with E-state index in [0.29, 0.717) is 23.8 Å². The van der Waals surface area contributed by atoms with E-state index in [9.17, 15) is 4.79 Å². The molecule has 0 saturated carbocycles. The number of carbonyl (C=O) groups excluding carboxylic acids is 1. The lowest BCUT2D eigenvalue weighted by molar-refractivity contribution is -0.111. The lowest BCUT2D eigenvalue weighted by atomic mass is 10.2. The van der Waals surface area contributed by atoms with Crippen LogP contribution in [0.1, 0.15) is 12.5 Å². The first kappa shape index (κ1) is 17.1. The molecule has 2 rings (SSSR count). The molecule has 2 aromatic carbocycles. The highest BCUT2D eigenvalue weighted by molar-refractivity contribution is 9.10. The Morgan fingerprint density at radius 1 is 1.22 bits per heavy atom. The van der Waals surface area contributed by atoms with Gasteiger partial charge in [-0.1, -0.05) is 34.1 Å². The smallest absolute Gasteiger partial charge is 0.248 e. The Labute approximate surface area is 144 Å². The fraction of sp³-hybridized carbons (Fsp3) is 0.167. The van der Waals surface area contributed by atoms with Gasteiger partial charge in [-0.15, -0.1) is 0 Å². The van der Waals surface area contributed by atoms with Crippen LogP contribution in [0.5, 0.6) is 11.5 Å². The Morgan fingerprint density at radius 2 is 2.00 bits per heavy atom. The van der Waals surface area contributed by atoms with Gasteiger partial charge in [0.25, 0.3) is 0 Å². The summed E-state index contributed by atoms with van der Waals surface area (Å²) in [4.78, 5) is 12.0. The minimum Gasteiger partial charge on any atom is -0.493 e. The second-order valence-electron chi connectivity index (χ2n) is 4.64. The molecule has 0 atom stereocenters. The molecule has 0 fully saturated rings. The first-order valence-electron chi connectivity index (χ1n) is 7.18. The number of amides is 1. The van der Waals surface area contributed by atoms with E-state index in [1.807, 2.05) is 31.2 Å². The number of ether oxygens (including phenoxy) is 2. The van der Waals surface area contributed by atoms with Gasteiger partial charge in [0.1, 0.15) is 0 Å². The summed E-state index contributed by atoms with van der Waals surface area (Å²) in [6.45, 7) is 2.46. The number of methoxy groups -OCH3 is 1. The van der Waals surface area contributed by atoms with Crippen molar-refractivity contribution in [1.82, 2.24) is 0 Å². The average Bonchev–Trinajstić information content (AvgIpc) is 2.55. The first-order chi connectivity index (χ1) is 11.1. The molecule has 0 spiro atoms. The van der Waals surface area contributed by atoms with Gasteiger partial charge in [0.2, 0.25) is 5.91 Å². The molecule has 2 aromatic rings. The van der Waals surface area contributed by atoms with Crippen LogP contribution in [-0.2, 0) is 4.79 Å². The second-order valence-corrected chi connectivity index (χ2v) is 5.50. The normalized spacial score (nSPS) is 10.6. The monoisotopic (exact) mass is 375 g/mol. The molecule has 0 saturated heterocycles. The lowest BCUT2D eigenvalue weighted by Crippen LogP contribution is -2.08. The average molecular weight is 376 g/mol. The maximum absolute atomic E-state index is 12.0. The Hall–Kier alpha value is -2.27. The molecule has 1 N–H and O–H groups in total. The fourth-order valence-electron chi connectivity index (χ4n) is 1.98. The van der Waals surface area contributed by atoms with Crippen molar-refractivity contribution in [2.24, 2.45) is 0 Å². The summed E-state index contributed by atoms with van der Waals surface area (Å²) in [6, 6.07) is 13.0. The molecule has 0 radical (unpaired) electrons. The van der Waals surface area contributed by atoms with Crippen LogP contribution in [0.3, 0.4) is 0 Å². The highest BCUT2D eigenvalue weighted by Crippen LogP contribution is 2.30. The molecular weight excluding hydrogens is 358 g/mol. The molecule has 0 bridgehead atoms. The second kappa shape index (κ2) is 8.39. The van der Waals surface area contributed by atoms with Crippen LogP contribution in [-0.4, -0.2) is 19.6 Å². The van der Waals surface area contributed by atoms with E-state index in [2.05, 4.69) is 21.2 Å². The summed E-state index contributed by atoms with van der Waals surface area (Å²) < 4.78 is 11.7. The van der Waals surface area contributed by atoms with Crippen molar-refractivity contribution in [3.05, 3.63) is 58.6 Å². The lowest BCUT2D eigenvalue weighted by Gasteiger charge is -2.11. The van der Waals surface area contributed by atoms with Gasteiger partial charge in [0.05, 0.1) is 13.7 Å². The summed E-state index contributed by atoms with van der Waals surface area (Å²) in [7, 11) is 1.57. The third-order valence-electron chi connectivity index (χ3n) is 3.05. The quantitative estimate of drug-likeness (QED) is 0.755. The van der Waals surface area contributed by atoms with Gasteiger partial charge in [0.15, 0.2) is 11.5 Å². The predicted octanol–water partition coefficient (Wildman–Crippen LogP) is 4.51. The molecule has 1 amide bonds. The van der Waals surface area contributed by atoms with Crippen molar-refractivity contribution < 1.29 is 14.3 Å². The van der Waals surface area contributed by atoms with E-state index in [-0.39, 0.29) is 5.91 Å². The van der Waals surface area contributed by atoms with Crippen molar-refractivity contribution in [3.8, 4) is 11.5 Å². The zero-order valence-electron chi connectivity index (χ0n) is 13.0. The maximum atomic E-state index is 12.0. The van der Waals surface area contributed by atoms with Gasteiger partial charge >= 0.3 is 0 Å². The highest BCUT2D eigenvalue weighted by atomic mass is 79.9. The molecular formula is C18H18BrNO3. The summed E-state index contributed by atoms with van der Waals surface area (Å²) in [5.41, 5.74) is 1.58. The van der Waals surface area contributed by atoms with Crippen LogP contribution < -0.4 is 14.8 Å². The van der Waals surface area contributed by atoms with Gasteiger partial charge in [-0.05, 0) is 36.8 Å². The summed E-state index contributed by atoms with van der Waals surface area (Å²) in [5, 5.41) is 2.80. The number of benzene rings is 2. The van der Waals surface area contributed by atoms with Crippen LogP contribution in [0, 0.1) is 0 Å². The molecule has 4 nitrogen and oxygen atoms in total. The number of anilines is 1. The third kappa shape index (κ3) is 4.86. The van der Waals surface area contributed by atoms with E-state index in [1.54, 1.807) is 31.4 Å². The summed E-state index contributed by atoms with van der Waals surface area (Å²) >= 11 is 3.44. The zero-order valence-corrected chi connectivity index (χ0v) is 14.6. The molecule has 0 aromatic heterocycles. The standard InChI is InChI=1S/C18H18BrNO3/c1-3-23-16-10-9-14(12-17(16)22-2)20-18(21)11-8-13-6-4-5-7-15(13)19/h4-12H,3H2,1-2H3,(H,20,21)/b11-8+. The molecule has 0 unspecified atom stereocenters. The first-order valence-corrected chi connectivity index (χ1v) is 7.97. The minimum atomic E-state index is -0.216. The van der Waals surface area contributed by atoms with E-state index in [4.69, 9.17) is 9.47 Å². The van der Waals surface area contributed by atoms with Crippen LogP contribution in [0.2, 0.25) is 0 Å². The number of hydrogen-bond donors (Lipinski definition) is 1. The van der Waals surface area contributed by atoms with Gasteiger partial charge in [-0.2, -0.15) is 0 Å². The summed E-state index contributed by atoms with van der Waals surface area (Å²) in [5.74, 6) is 1.02. The van der Waals surface area contributed by atoms with Crippen molar-refractivity contribution >= 4 is 33.6 Å². The Morgan fingerprint density at radius 3 is 2.70 bits per heavy atom. The fourth-order valence-corrected chi connectivity index (χ4v) is 2.40. The highest BCUT2D eigenvalue weighted by Gasteiger charge is 2.06. The molecule has 0 aliphatic rings. The van der Waals surface area contributed by atoms with Crippen molar-refractivity contribution in [2.75, 3.05) is 19.0 Å². The molecule has 0 heterocycles. The Kier molecular flexibility index (Phi) is 6.23. The molecule has 120 valence electrons. The number of halogens is 1. The van der Waals surface area contributed by atoms with Crippen LogP contribution in [0.15, 0.2) is 53.0 Å². The molecule has 0 aliphatic carbocycles. The van der Waals surface area contributed by atoms with Gasteiger partial charge in [-0.3, -0.25) is 4.79 Å². The number of rotatable bonds is 6. The zero-order chi connectivity index (χ0) is 16.7. The van der Waals surface area contributed by atoms with Crippen LogP contribution in [0.4, 0.5) is 5.69 Å². The van der Waals surface area contributed by atoms with E-state index in [0.717, 1.165) is 10.0 Å². The Bertz CT molecular complexity index is 713. The van der Waals surface area contributed by atoms with Crippen molar-refractivity contribution in [1.29, 1.82) is 0 Å². The van der Waals surface area contributed by atoms with Crippen LogP contribution in [0.25, 0.3) is 6.08 Å². The maximum Gasteiger partial charge on any atom is 0.248 e. The summed E-state index contributed by atoms with van der Waals surface area (Å²) in [6.07, 6.45) is 3.24. The molecule has 0 aliphatic heterocycles.